The summed E-state index contributed by atoms with van der Waals surface area (Å²) in [6, 6.07) is 0. The number of carboxylic acid groups (broad SMARTS) is 4. The fourth-order valence-electron chi connectivity index (χ4n) is 1.75. The largest absolute Gasteiger partial charge is 2.00 e. The maximum Gasteiger partial charge on any atom is 2.00 e. The zero-order valence-corrected chi connectivity index (χ0v) is 21.5. The van der Waals surface area contributed by atoms with E-state index in [4.69, 9.17) is 10.2 Å². The van der Waals surface area contributed by atoms with E-state index >= 15 is 0 Å². The van der Waals surface area contributed by atoms with E-state index in [9.17, 15) is 29.4 Å². The minimum Gasteiger partial charge on any atom is -0.550 e. The molecule has 0 amide bonds. The molecular weight excluding hydrogens is 480 g/mol. The molecule has 0 aliphatic carbocycles. The molecule has 0 rings (SSSR count). The Hall–Kier alpha value is -2.12. The molecule has 0 aromatic carbocycles. The standard InChI is InChI=1S/2C8H16O2.2C4H6O2.Cu/c2*1-2-3-4-5-6-7-8(9)10;2*1-3(2)4(5)6;/h2*2-7H2,1H3,(H,9,10);2*1H2,2H3,(H,5,6);/q;;;;+2/p-2. The smallest absolute Gasteiger partial charge is 0.550 e. The Bertz CT molecular complexity index is 473. The van der Waals surface area contributed by atoms with Gasteiger partial charge in [-0.05, 0) is 39.5 Å². The molecule has 197 valence electrons. The Labute approximate surface area is 209 Å². The third-order valence-electron chi connectivity index (χ3n) is 3.70. The van der Waals surface area contributed by atoms with Gasteiger partial charge in [0, 0.05) is 23.1 Å². The summed E-state index contributed by atoms with van der Waals surface area (Å²) < 4.78 is 0. The van der Waals surface area contributed by atoms with Crippen LogP contribution in [0.4, 0.5) is 0 Å². The fraction of sp³-hybridized carbons (Fsp3) is 0.667. The fourth-order valence-corrected chi connectivity index (χ4v) is 1.75. The molecule has 0 fully saturated rings. The van der Waals surface area contributed by atoms with Crippen molar-refractivity contribution in [2.45, 2.75) is 105 Å². The van der Waals surface area contributed by atoms with Gasteiger partial charge in [0.2, 0.25) is 0 Å². The predicted octanol–water partition coefficient (Wildman–Crippen LogP) is 3.49. The van der Waals surface area contributed by atoms with Crippen molar-refractivity contribution in [3.8, 4) is 0 Å². The molecule has 0 aromatic rings. The van der Waals surface area contributed by atoms with Crippen LogP contribution in [0.1, 0.15) is 105 Å². The SMILES string of the molecule is C=C(C)C(=O)O.C=C(C)C(=O)O.CCCCCCCC(=O)[O-].CCCCCCCC(=O)[O-].[Cu+2]. The van der Waals surface area contributed by atoms with Gasteiger partial charge in [0.25, 0.3) is 0 Å². The molecule has 0 bridgehead atoms. The van der Waals surface area contributed by atoms with Gasteiger partial charge in [0.1, 0.15) is 0 Å². The third kappa shape index (κ3) is 58.8. The molecule has 9 heteroatoms. The Morgan fingerprint density at radius 1 is 0.606 bits per heavy atom. The van der Waals surface area contributed by atoms with E-state index in [0.29, 0.717) is 0 Å². The Morgan fingerprint density at radius 2 is 0.818 bits per heavy atom. The quantitative estimate of drug-likeness (QED) is 0.200. The second kappa shape index (κ2) is 32.1. The van der Waals surface area contributed by atoms with Crippen LogP contribution in [0.5, 0.6) is 0 Å². The maximum atomic E-state index is 9.92. The van der Waals surface area contributed by atoms with E-state index in [1.807, 2.05) is 0 Å². The van der Waals surface area contributed by atoms with Crippen LogP contribution < -0.4 is 10.2 Å². The number of unbranched alkanes of at least 4 members (excludes halogenated alkanes) is 8. The van der Waals surface area contributed by atoms with Gasteiger partial charge in [0.05, 0.1) is 0 Å². The minimum absolute atomic E-state index is 0. The van der Waals surface area contributed by atoms with Crippen LogP contribution in [0.15, 0.2) is 24.3 Å². The Balaban J connectivity index is -0.000000108. The molecular formula is C24H42CuO8. The first-order valence-corrected chi connectivity index (χ1v) is 11.0. The van der Waals surface area contributed by atoms with Gasteiger partial charge in [-0.3, -0.25) is 0 Å². The van der Waals surface area contributed by atoms with Gasteiger partial charge in [-0.2, -0.15) is 0 Å². The van der Waals surface area contributed by atoms with Crippen molar-refractivity contribution >= 4 is 23.9 Å². The van der Waals surface area contributed by atoms with E-state index in [0.717, 1.165) is 38.5 Å². The molecule has 0 unspecified atom stereocenters. The summed E-state index contributed by atoms with van der Waals surface area (Å²) in [5, 5.41) is 35.6. The zero-order valence-electron chi connectivity index (χ0n) is 20.5. The van der Waals surface area contributed by atoms with Crippen molar-refractivity contribution in [3.63, 3.8) is 0 Å². The topological polar surface area (TPSA) is 155 Å². The zero-order chi connectivity index (χ0) is 25.9. The van der Waals surface area contributed by atoms with Crippen molar-refractivity contribution in [1.29, 1.82) is 0 Å². The van der Waals surface area contributed by atoms with Gasteiger partial charge in [-0.15, -0.1) is 0 Å². The molecule has 0 atom stereocenters. The summed E-state index contributed by atoms with van der Waals surface area (Å²) >= 11 is 0. The summed E-state index contributed by atoms with van der Waals surface area (Å²) in [7, 11) is 0. The number of carboxylic acids is 4. The van der Waals surface area contributed by atoms with E-state index < -0.39 is 23.9 Å². The number of hydrogen-bond acceptors (Lipinski definition) is 6. The van der Waals surface area contributed by atoms with E-state index in [-0.39, 0.29) is 41.1 Å². The number of hydrogen-bond donors (Lipinski definition) is 2. The van der Waals surface area contributed by atoms with Crippen LogP contribution in [0.2, 0.25) is 0 Å². The number of carbonyl (C=O) groups excluding carboxylic acids is 2. The second-order valence-corrected chi connectivity index (χ2v) is 7.24. The summed E-state index contributed by atoms with van der Waals surface area (Å²) in [4.78, 5) is 39.0. The maximum absolute atomic E-state index is 9.92. The Kier molecular flexibility index (Phi) is 40.0. The molecule has 0 spiro atoms. The van der Waals surface area contributed by atoms with Crippen LogP contribution in [0.25, 0.3) is 0 Å². The van der Waals surface area contributed by atoms with Gasteiger partial charge >= 0.3 is 29.0 Å². The molecule has 0 saturated heterocycles. The minimum atomic E-state index is -0.935. The average molecular weight is 522 g/mol. The van der Waals surface area contributed by atoms with Crippen LogP contribution in [0, 0.1) is 0 Å². The van der Waals surface area contributed by atoms with Crippen molar-refractivity contribution in [3.05, 3.63) is 24.3 Å². The van der Waals surface area contributed by atoms with E-state index in [1.54, 1.807) is 0 Å². The average Bonchev–Trinajstić information content (AvgIpc) is 2.68. The van der Waals surface area contributed by atoms with Crippen LogP contribution in [0.3, 0.4) is 0 Å². The van der Waals surface area contributed by atoms with Gasteiger partial charge in [-0.25, -0.2) is 9.59 Å². The van der Waals surface area contributed by atoms with Crippen LogP contribution in [-0.2, 0) is 36.2 Å². The van der Waals surface area contributed by atoms with Crippen LogP contribution >= 0.6 is 0 Å². The normalized spacial score (nSPS) is 8.61. The first kappa shape index (κ1) is 41.2. The van der Waals surface area contributed by atoms with Crippen molar-refractivity contribution in [1.82, 2.24) is 0 Å². The summed E-state index contributed by atoms with van der Waals surface area (Å²) in [5.41, 5.74) is 0.352. The Morgan fingerprint density at radius 3 is 0.970 bits per heavy atom. The number of aliphatic carboxylic acids is 4. The second-order valence-electron chi connectivity index (χ2n) is 7.24. The summed E-state index contributed by atoms with van der Waals surface area (Å²) in [6.07, 6.45) is 11.2. The van der Waals surface area contributed by atoms with Crippen LogP contribution in [-0.4, -0.2) is 34.1 Å². The van der Waals surface area contributed by atoms with E-state index in [1.165, 1.54) is 39.5 Å². The summed E-state index contributed by atoms with van der Waals surface area (Å²) in [6.45, 7) is 13.5. The molecule has 1 radical (unpaired) electrons. The molecule has 0 heterocycles. The first-order chi connectivity index (χ1) is 14.8. The van der Waals surface area contributed by atoms with Crippen molar-refractivity contribution < 1.29 is 56.7 Å². The van der Waals surface area contributed by atoms with Gasteiger partial charge in [0.15, 0.2) is 0 Å². The first-order valence-electron chi connectivity index (χ1n) is 11.0. The number of rotatable bonds is 14. The molecule has 0 aromatic heterocycles. The molecule has 33 heavy (non-hydrogen) atoms. The molecule has 0 saturated carbocycles. The predicted molar refractivity (Wildman–Crippen MR) is 122 cm³/mol. The third-order valence-corrected chi connectivity index (χ3v) is 3.70. The molecule has 0 aliphatic rings. The van der Waals surface area contributed by atoms with Gasteiger partial charge in [-0.1, -0.05) is 78.4 Å². The molecule has 8 nitrogen and oxygen atoms in total. The van der Waals surface area contributed by atoms with Crippen molar-refractivity contribution in [2.75, 3.05) is 0 Å². The molecule has 0 aliphatic heterocycles. The van der Waals surface area contributed by atoms with Crippen molar-refractivity contribution in [2.24, 2.45) is 0 Å². The summed E-state index contributed by atoms with van der Waals surface area (Å²) in [5.74, 6) is -3.71. The monoisotopic (exact) mass is 521 g/mol. The van der Waals surface area contributed by atoms with Gasteiger partial charge < -0.3 is 30.0 Å². The molecule has 2 N–H and O–H groups in total. The number of carbonyl (C=O) groups is 4. The van der Waals surface area contributed by atoms with E-state index in [2.05, 4.69) is 27.0 Å².